The summed E-state index contributed by atoms with van der Waals surface area (Å²) in [7, 11) is 0. The third-order valence-corrected chi connectivity index (χ3v) is 6.08. The molecule has 1 spiro atoms. The van der Waals surface area contributed by atoms with E-state index in [1.54, 1.807) is 47.6 Å². The molecule has 2 aromatic heterocycles. The number of hydrogen-bond acceptors (Lipinski definition) is 6. The molecule has 3 heterocycles. The molecule has 2 fully saturated rings. The van der Waals surface area contributed by atoms with E-state index in [0.717, 1.165) is 32.2 Å². The van der Waals surface area contributed by atoms with E-state index >= 15 is 0 Å². The minimum absolute atomic E-state index is 0. The zero-order chi connectivity index (χ0) is 21.3. The van der Waals surface area contributed by atoms with E-state index in [9.17, 15) is 9.18 Å². The van der Waals surface area contributed by atoms with Crippen LogP contribution in [-0.4, -0.2) is 44.8 Å². The largest absolute Gasteiger partial charge is 0.441 e. The van der Waals surface area contributed by atoms with E-state index in [2.05, 4.69) is 20.6 Å². The number of anilines is 2. The Hall–Kier alpha value is -3.20. The van der Waals surface area contributed by atoms with Crippen LogP contribution in [0, 0.1) is 11.7 Å². The Bertz CT molecular complexity index is 1070. The first-order valence-electron chi connectivity index (χ1n) is 10.4. The minimum atomic E-state index is -0.447. The zero-order valence-electron chi connectivity index (χ0n) is 17.4. The minimum Gasteiger partial charge on any atom is -0.441 e. The summed E-state index contributed by atoms with van der Waals surface area (Å²) in [5.41, 5.74) is -0.0248. The molecule has 1 saturated carbocycles. The molecule has 1 aromatic carbocycles. The van der Waals surface area contributed by atoms with Gasteiger partial charge in [0.25, 0.3) is 0 Å². The standard InChI is InChI=1S/C22H23FN6O2.ClH/c23-17-4-1-2-5-18(17)29-13-9-19(27-29)24-14-16-7-10-22(11-8-16)15-28(21(30)31-22)20-6-3-12-25-26-20;/h1-6,9,12-13,16H,7-8,10-11,14-15H2,(H,24,27);1H/t16-,22-;. The van der Waals surface area contributed by atoms with Crippen LogP contribution >= 0.6 is 12.4 Å². The Morgan fingerprint density at radius 2 is 1.97 bits per heavy atom. The molecule has 8 nitrogen and oxygen atoms in total. The van der Waals surface area contributed by atoms with Crippen molar-refractivity contribution in [2.75, 3.05) is 23.3 Å². The average Bonchev–Trinajstić information content (AvgIpc) is 3.39. The van der Waals surface area contributed by atoms with Crippen molar-refractivity contribution in [1.29, 1.82) is 0 Å². The Morgan fingerprint density at radius 3 is 2.72 bits per heavy atom. The summed E-state index contributed by atoms with van der Waals surface area (Å²) in [4.78, 5) is 13.9. The molecule has 1 aliphatic heterocycles. The number of benzene rings is 1. The van der Waals surface area contributed by atoms with Crippen LogP contribution in [0.4, 0.5) is 20.8 Å². The Morgan fingerprint density at radius 1 is 1.16 bits per heavy atom. The molecule has 0 atom stereocenters. The van der Waals surface area contributed by atoms with Gasteiger partial charge in [-0.25, -0.2) is 13.9 Å². The van der Waals surface area contributed by atoms with E-state index in [0.29, 0.717) is 29.8 Å². The highest BCUT2D eigenvalue weighted by molar-refractivity contribution is 5.89. The average molecular weight is 459 g/mol. The van der Waals surface area contributed by atoms with Gasteiger partial charge in [-0.1, -0.05) is 12.1 Å². The van der Waals surface area contributed by atoms with Gasteiger partial charge >= 0.3 is 6.09 Å². The van der Waals surface area contributed by atoms with Crippen molar-refractivity contribution in [3.63, 3.8) is 0 Å². The molecule has 0 radical (unpaired) electrons. The first kappa shape index (κ1) is 22.0. The van der Waals surface area contributed by atoms with Gasteiger partial charge in [-0.05, 0) is 55.9 Å². The van der Waals surface area contributed by atoms with E-state index in [1.807, 2.05) is 6.07 Å². The summed E-state index contributed by atoms with van der Waals surface area (Å²) in [5, 5.41) is 15.7. The fraction of sp³-hybridized carbons (Fsp3) is 0.364. The summed E-state index contributed by atoms with van der Waals surface area (Å²) >= 11 is 0. The summed E-state index contributed by atoms with van der Waals surface area (Å²) in [6, 6.07) is 11.9. The van der Waals surface area contributed by atoms with E-state index < -0.39 is 5.60 Å². The first-order valence-corrected chi connectivity index (χ1v) is 10.4. The molecule has 32 heavy (non-hydrogen) atoms. The second-order valence-electron chi connectivity index (χ2n) is 8.14. The zero-order valence-corrected chi connectivity index (χ0v) is 18.2. The number of nitrogens with one attached hydrogen (secondary N) is 1. The van der Waals surface area contributed by atoms with Crippen LogP contribution in [-0.2, 0) is 4.74 Å². The normalized spacial score (nSPS) is 22.5. The molecular formula is C22H24ClFN6O2. The molecule has 0 unspecified atom stereocenters. The van der Waals surface area contributed by atoms with Crippen LogP contribution in [0.1, 0.15) is 25.7 Å². The molecule has 1 aliphatic carbocycles. The highest BCUT2D eigenvalue weighted by atomic mass is 35.5. The number of para-hydroxylation sites is 1. The van der Waals surface area contributed by atoms with E-state index in [4.69, 9.17) is 4.74 Å². The van der Waals surface area contributed by atoms with Gasteiger partial charge in [0.1, 0.15) is 22.9 Å². The summed E-state index contributed by atoms with van der Waals surface area (Å²) < 4.78 is 21.3. The lowest BCUT2D eigenvalue weighted by atomic mass is 9.78. The molecule has 0 bridgehead atoms. The summed E-state index contributed by atoms with van der Waals surface area (Å²) in [5.74, 6) is 1.38. The van der Waals surface area contributed by atoms with Crippen molar-refractivity contribution in [3.8, 4) is 5.69 Å². The maximum absolute atomic E-state index is 13.9. The quantitative estimate of drug-likeness (QED) is 0.616. The number of hydrogen-bond donors (Lipinski definition) is 1. The molecule has 168 valence electrons. The predicted octanol–water partition coefficient (Wildman–Crippen LogP) is 4.22. The van der Waals surface area contributed by atoms with Gasteiger partial charge in [-0.2, -0.15) is 10.2 Å². The summed E-state index contributed by atoms with van der Waals surface area (Å²) in [6.45, 7) is 1.28. The second-order valence-corrected chi connectivity index (χ2v) is 8.14. The van der Waals surface area contributed by atoms with E-state index in [-0.39, 0.29) is 24.3 Å². The lowest BCUT2D eigenvalue weighted by molar-refractivity contribution is 0.0148. The summed E-state index contributed by atoms with van der Waals surface area (Å²) in [6.07, 6.45) is 6.49. The van der Waals surface area contributed by atoms with Crippen LogP contribution in [0.15, 0.2) is 54.9 Å². The van der Waals surface area contributed by atoms with Crippen molar-refractivity contribution in [3.05, 3.63) is 60.7 Å². The SMILES string of the molecule is Cl.O=C1O[C@]2(CC[C@H](CNc3ccn(-c4ccccc4F)n3)CC2)CN1c1cccnn1. The first-order chi connectivity index (χ1) is 15.1. The number of carbonyl (C=O) groups excluding carboxylic acids is 1. The fourth-order valence-corrected chi connectivity index (χ4v) is 4.34. The number of nitrogens with zero attached hydrogens (tertiary/aromatic N) is 5. The fourth-order valence-electron chi connectivity index (χ4n) is 4.34. The van der Waals surface area contributed by atoms with Crippen molar-refractivity contribution < 1.29 is 13.9 Å². The third-order valence-electron chi connectivity index (χ3n) is 6.08. The van der Waals surface area contributed by atoms with Crippen LogP contribution in [0.25, 0.3) is 5.69 Å². The number of amides is 1. The lowest BCUT2D eigenvalue weighted by Crippen LogP contribution is -2.39. The predicted molar refractivity (Wildman–Crippen MR) is 120 cm³/mol. The highest BCUT2D eigenvalue weighted by Crippen LogP contribution is 2.40. The van der Waals surface area contributed by atoms with Gasteiger partial charge in [-0.15, -0.1) is 17.5 Å². The highest BCUT2D eigenvalue weighted by Gasteiger charge is 2.48. The van der Waals surface area contributed by atoms with Gasteiger partial charge in [0, 0.05) is 25.0 Å². The van der Waals surface area contributed by atoms with Gasteiger partial charge in [-0.3, -0.25) is 4.90 Å². The van der Waals surface area contributed by atoms with Crippen molar-refractivity contribution in [1.82, 2.24) is 20.0 Å². The van der Waals surface area contributed by atoms with Gasteiger partial charge in [0.2, 0.25) is 0 Å². The molecule has 10 heteroatoms. The number of halogens is 2. The second kappa shape index (κ2) is 9.12. The molecule has 3 aromatic rings. The van der Waals surface area contributed by atoms with Crippen LogP contribution < -0.4 is 10.2 Å². The van der Waals surface area contributed by atoms with Crippen molar-refractivity contribution >= 4 is 30.1 Å². The number of ether oxygens (including phenoxy) is 1. The van der Waals surface area contributed by atoms with Gasteiger partial charge < -0.3 is 10.1 Å². The van der Waals surface area contributed by atoms with Gasteiger partial charge in [0.05, 0.1) is 6.54 Å². The number of rotatable bonds is 5. The topological polar surface area (TPSA) is 85.2 Å². The molecule has 1 amide bonds. The number of carbonyl (C=O) groups is 1. The van der Waals surface area contributed by atoms with Crippen LogP contribution in [0.3, 0.4) is 0 Å². The van der Waals surface area contributed by atoms with E-state index in [1.165, 1.54) is 10.7 Å². The maximum Gasteiger partial charge on any atom is 0.416 e. The molecular weight excluding hydrogens is 435 g/mol. The lowest BCUT2D eigenvalue weighted by Gasteiger charge is -2.35. The van der Waals surface area contributed by atoms with Gasteiger partial charge in [0.15, 0.2) is 5.82 Å². The van der Waals surface area contributed by atoms with Crippen LogP contribution in [0.5, 0.6) is 0 Å². The maximum atomic E-state index is 13.9. The van der Waals surface area contributed by atoms with Crippen molar-refractivity contribution in [2.24, 2.45) is 5.92 Å². The smallest absolute Gasteiger partial charge is 0.416 e. The Kier molecular flexibility index (Phi) is 6.27. The Labute approximate surface area is 191 Å². The molecule has 1 N–H and O–H groups in total. The monoisotopic (exact) mass is 458 g/mol. The van der Waals surface area contributed by atoms with Crippen LogP contribution in [0.2, 0.25) is 0 Å². The molecule has 2 aliphatic rings. The van der Waals surface area contributed by atoms with Crippen molar-refractivity contribution in [2.45, 2.75) is 31.3 Å². The molecule has 5 rings (SSSR count). The molecule has 1 saturated heterocycles. The third kappa shape index (κ3) is 4.38. The Balaban J connectivity index is 0.00000245. The number of aromatic nitrogens is 4.